The molecule has 1 aromatic carbocycles. The largest absolute Gasteiger partial charge is 0.353 e. The molecule has 1 aliphatic rings. The topological polar surface area (TPSA) is 87.5 Å². The summed E-state index contributed by atoms with van der Waals surface area (Å²) in [6, 6.07) is 9.84. The van der Waals surface area contributed by atoms with E-state index in [9.17, 15) is 9.59 Å². The van der Waals surface area contributed by atoms with Crippen molar-refractivity contribution in [3.63, 3.8) is 0 Å². The molecule has 1 aromatic rings. The lowest BCUT2D eigenvalue weighted by atomic mass is 9.95. The van der Waals surface area contributed by atoms with Gasteiger partial charge in [0.05, 0.1) is 18.6 Å². The normalized spacial score (nSPS) is 18.1. The van der Waals surface area contributed by atoms with Gasteiger partial charge < -0.3 is 16.4 Å². The van der Waals surface area contributed by atoms with Gasteiger partial charge >= 0.3 is 0 Å². The van der Waals surface area contributed by atoms with Crippen LogP contribution in [-0.4, -0.2) is 48.9 Å². The summed E-state index contributed by atoms with van der Waals surface area (Å²) in [4.78, 5) is 26.6. The molecule has 1 aliphatic heterocycles. The van der Waals surface area contributed by atoms with Crippen LogP contribution in [0.25, 0.3) is 0 Å². The summed E-state index contributed by atoms with van der Waals surface area (Å²) in [5, 5.41) is 5.60. The zero-order valence-electron chi connectivity index (χ0n) is 16.8. The Morgan fingerprint density at radius 2 is 1.78 bits per heavy atom. The highest BCUT2D eigenvalue weighted by Gasteiger charge is 2.25. The zero-order chi connectivity index (χ0) is 19.8. The average molecular weight is 375 g/mol. The molecule has 27 heavy (non-hydrogen) atoms. The van der Waals surface area contributed by atoms with E-state index in [0.717, 1.165) is 19.0 Å². The van der Waals surface area contributed by atoms with Gasteiger partial charge in [0.15, 0.2) is 0 Å². The molecule has 1 saturated heterocycles. The van der Waals surface area contributed by atoms with Crippen LogP contribution in [0.3, 0.4) is 0 Å². The van der Waals surface area contributed by atoms with Crippen molar-refractivity contribution in [3.05, 3.63) is 35.9 Å². The van der Waals surface area contributed by atoms with Crippen molar-refractivity contribution in [1.29, 1.82) is 0 Å². The minimum atomic E-state index is -0.592. The van der Waals surface area contributed by atoms with E-state index in [1.54, 1.807) is 0 Å². The van der Waals surface area contributed by atoms with Crippen LogP contribution in [0.1, 0.15) is 45.2 Å². The molecule has 2 atom stereocenters. The van der Waals surface area contributed by atoms with Crippen LogP contribution in [0, 0.1) is 11.8 Å². The van der Waals surface area contributed by atoms with Gasteiger partial charge in [0.25, 0.3) is 0 Å². The molecule has 0 aliphatic carbocycles. The van der Waals surface area contributed by atoms with E-state index in [1.807, 2.05) is 32.0 Å². The van der Waals surface area contributed by atoms with Gasteiger partial charge in [-0.1, -0.05) is 51.1 Å². The summed E-state index contributed by atoms with van der Waals surface area (Å²) < 4.78 is 0. The molecule has 2 rings (SSSR count). The molecule has 1 unspecified atom stereocenters. The van der Waals surface area contributed by atoms with Crippen LogP contribution < -0.4 is 16.4 Å². The number of nitrogens with one attached hydrogen (secondary N) is 2. The maximum Gasteiger partial charge on any atom is 0.239 e. The Kier molecular flexibility index (Phi) is 8.25. The summed E-state index contributed by atoms with van der Waals surface area (Å²) in [6.07, 6.45) is 2.36. The van der Waals surface area contributed by atoms with E-state index in [2.05, 4.69) is 34.6 Å². The standard InChI is InChI=1S/C21H34N4O2/c1-15(2)20(22)21(27)24-14-19(26)23-13-18(17-7-5-4-6-8-17)25-11-9-16(3)10-12-25/h4-8,15-16,18,20H,9-14,22H2,1-3H3,(H,23,26)(H,24,27)/t18?,20-/m0/s1. The number of amides is 2. The number of nitrogens with two attached hydrogens (primary N) is 1. The zero-order valence-corrected chi connectivity index (χ0v) is 16.8. The molecule has 0 radical (unpaired) electrons. The summed E-state index contributed by atoms with van der Waals surface area (Å²) in [6.45, 7) is 8.62. The lowest BCUT2D eigenvalue weighted by Crippen LogP contribution is -2.48. The van der Waals surface area contributed by atoms with Crippen molar-refractivity contribution in [3.8, 4) is 0 Å². The SMILES string of the molecule is CC1CCN(C(CNC(=O)CNC(=O)[C@@H](N)C(C)C)c2ccccc2)CC1. The van der Waals surface area contributed by atoms with E-state index in [0.29, 0.717) is 6.54 Å². The number of hydrogen-bond acceptors (Lipinski definition) is 4. The van der Waals surface area contributed by atoms with Crippen molar-refractivity contribution in [2.75, 3.05) is 26.2 Å². The minimum Gasteiger partial charge on any atom is -0.353 e. The molecule has 0 aromatic heterocycles. The molecule has 0 saturated carbocycles. The number of rotatable bonds is 8. The second kappa shape index (κ2) is 10.4. The quantitative estimate of drug-likeness (QED) is 0.646. The van der Waals surface area contributed by atoms with E-state index in [4.69, 9.17) is 5.73 Å². The Balaban J connectivity index is 1.90. The Hall–Kier alpha value is -1.92. The molecular weight excluding hydrogens is 340 g/mol. The molecule has 150 valence electrons. The minimum absolute atomic E-state index is 0.0389. The highest BCUT2D eigenvalue weighted by atomic mass is 16.2. The number of nitrogens with zero attached hydrogens (tertiary/aromatic N) is 1. The van der Waals surface area contributed by atoms with Gasteiger partial charge in [-0.05, 0) is 43.3 Å². The Bertz CT molecular complexity index is 597. The fraction of sp³-hybridized carbons (Fsp3) is 0.619. The third kappa shape index (κ3) is 6.63. The summed E-state index contributed by atoms with van der Waals surface area (Å²) in [5.41, 5.74) is 7.01. The van der Waals surface area contributed by atoms with Gasteiger partial charge in [-0.2, -0.15) is 0 Å². The molecule has 2 amide bonds. The number of carbonyl (C=O) groups is 2. The fourth-order valence-corrected chi connectivity index (χ4v) is 3.33. The average Bonchev–Trinajstić information content (AvgIpc) is 2.67. The second-order valence-corrected chi connectivity index (χ2v) is 7.94. The Morgan fingerprint density at radius 3 is 2.37 bits per heavy atom. The van der Waals surface area contributed by atoms with Crippen LogP contribution in [0.4, 0.5) is 0 Å². The number of likely N-dealkylation sites (tertiary alicyclic amines) is 1. The van der Waals surface area contributed by atoms with Gasteiger partial charge in [-0.3, -0.25) is 14.5 Å². The lowest BCUT2D eigenvalue weighted by Gasteiger charge is -2.37. The molecule has 1 fully saturated rings. The van der Waals surface area contributed by atoms with E-state index >= 15 is 0 Å². The Morgan fingerprint density at radius 1 is 1.15 bits per heavy atom. The first-order valence-corrected chi connectivity index (χ1v) is 9.97. The van der Waals surface area contributed by atoms with Crippen LogP contribution in [0.15, 0.2) is 30.3 Å². The molecule has 6 heteroatoms. The highest BCUT2D eigenvalue weighted by Crippen LogP contribution is 2.26. The summed E-state index contributed by atoms with van der Waals surface area (Å²) >= 11 is 0. The number of piperidine rings is 1. The molecular formula is C21H34N4O2. The predicted molar refractivity (Wildman–Crippen MR) is 108 cm³/mol. The van der Waals surface area contributed by atoms with Crippen molar-refractivity contribution < 1.29 is 9.59 Å². The molecule has 6 nitrogen and oxygen atoms in total. The number of hydrogen-bond donors (Lipinski definition) is 3. The predicted octanol–water partition coefficient (Wildman–Crippen LogP) is 1.68. The van der Waals surface area contributed by atoms with Crippen molar-refractivity contribution in [2.45, 2.75) is 45.7 Å². The first kappa shape index (κ1) is 21.4. The van der Waals surface area contributed by atoms with Crippen LogP contribution >= 0.6 is 0 Å². The van der Waals surface area contributed by atoms with Gasteiger partial charge in [-0.15, -0.1) is 0 Å². The highest BCUT2D eigenvalue weighted by molar-refractivity contribution is 5.87. The molecule has 4 N–H and O–H groups in total. The summed E-state index contributed by atoms with van der Waals surface area (Å²) in [7, 11) is 0. The van der Waals surface area contributed by atoms with Gasteiger partial charge in [0, 0.05) is 6.54 Å². The first-order chi connectivity index (χ1) is 12.9. The summed E-state index contributed by atoms with van der Waals surface area (Å²) in [5.74, 6) is 0.319. The van der Waals surface area contributed by atoms with Crippen LogP contribution in [-0.2, 0) is 9.59 Å². The first-order valence-electron chi connectivity index (χ1n) is 9.97. The van der Waals surface area contributed by atoms with E-state index in [1.165, 1.54) is 18.4 Å². The van der Waals surface area contributed by atoms with E-state index in [-0.39, 0.29) is 30.3 Å². The lowest BCUT2D eigenvalue weighted by molar-refractivity contribution is -0.127. The van der Waals surface area contributed by atoms with Crippen molar-refractivity contribution >= 4 is 11.8 Å². The maximum absolute atomic E-state index is 12.2. The molecule has 0 spiro atoms. The second-order valence-electron chi connectivity index (χ2n) is 7.94. The van der Waals surface area contributed by atoms with Crippen LogP contribution in [0.5, 0.6) is 0 Å². The van der Waals surface area contributed by atoms with Gasteiger partial charge in [-0.25, -0.2) is 0 Å². The van der Waals surface area contributed by atoms with Crippen molar-refractivity contribution in [2.24, 2.45) is 17.6 Å². The molecule has 1 heterocycles. The monoisotopic (exact) mass is 374 g/mol. The van der Waals surface area contributed by atoms with Gasteiger partial charge in [0.2, 0.25) is 11.8 Å². The van der Waals surface area contributed by atoms with Crippen LogP contribution in [0.2, 0.25) is 0 Å². The number of benzene rings is 1. The van der Waals surface area contributed by atoms with E-state index < -0.39 is 6.04 Å². The fourth-order valence-electron chi connectivity index (χ4n) is 3.33. The Labute approximate surface area is 162 Å². The van der Waals surface area contributed by atoms with Gasteiger partial charge in [0.1, 0.15) is 0 Å². The third-order valence-electron chi connectivity index (χ3n) is 5.38. The third-order valence-corrected chi connectivity index (χ3v) is 5.38. The number of carbonyl (C=O) groups excluding carboxylic acids is 2. The van der Waals surface area contributed by atoms with Crippen molar-refractivity contribution in [1.82, 2.24) is 15.5 Å². The maximum atomic E-state index is 12.2. The molecule has 0 bridgehead atoms. The smallest absolute Gasteiger partial charge is 0.239 e.